The molecule has 4 atom stereocenters. The van der Waals surface area contributed by atoms with Crippen molar-refractivity contribution >= 4 is 5.91 Å². The molecule has 4 aromatic carbocycles. The lowest BCUT2D eigenvalue weighted by atomic mass is 9.90. The molecule has 1 aliphatic heterocycles. The van der Waals surface area contributed by atoms with Gasteiger partial charge in [0.25, 0.3) is 0 Å². The van der Waals surface area contributed by atoms with Crippen LogP contribution in [0.5, 0.6) is 0 Å². The summed E-state index contributed by atoms with van der Waals surface area (Å²) in [4.78, 5) is 13.8. The number of rotatable bonds is 10. The highest BCUT2D eigenvalue weighted by Crippen LogP contribution is 2.42. The fourth-order valence-electron chi connectivity index (χ4n) is 5.59. The van der Waals surface area contributed by atoms with Gasteiger partial charge in [-0.15, -0.1) is 0 Å². The molecule has 1 heterocycles. The SMILES string of the molecule is CC(=O)NCc1ccccc1-c1ccc([C@@H]2O[C@H](CN(C)Cc3ccccc3)[C@H](C)[C@H](c3ccc(CO)cc3)O2)cc1. The molecule has 1 aliphatic rings. The van der Waals surface area contributed by atoms with Crippen LogP contribution in [0, 0.1) is 5.92 Å². The lowest BCUT2D eigenvalue weighted by Crippen LogP contribution is -2.43. The van der Waals surface area contributed by atoms with Crippen molar-refractivity contribution in [3.05, 3.63) is 131 Å². The largest absolute Gasteiger partial charge is 0.392 e. The minimum atomic E-state index is -0.525. The van der Waals surface area contributed by atoms with E-state index >= 15 is 0 Å². The maximum absolute atomic E-state index is 11.5. The van der Waals surface area contributed by atoms with Crippen LogP contribution in [0.2, 0.25) is 0 Å². The molecule has 1 amide bonds. The van der Waals surface area contributed by atoms with Gasteiger partial charge in [-0.1, -0.05) is 110 Å². The standard InChI is InChI=1S/C36H40N2O4/c1-25-34(23-38(3)22-27-9-5-4-6-10-27)41-36(42-35(25)30-15-13-28(24-39)14-16-30)31-19-17-29(18-20-31)33-12-8-7-11-32(33)21-37-26(2)40/h4-20,25,34-36,39H,21-24H2,1-3H3,(H,37,40)/t25-,34+,35+,36+/m0/s1. The smallest absolute Gasteiger partial charge is 0.217 e. The van der Waals surface area contributed by atoms with Gasteiger partial charge in [0.2, 0.25) is 5.91 Å². The quantitative estimate of drug-likeness (QED) is 0.233. The molecule has 6 heteroatoms. The first-order chi connectivity index (χ1) is 20.4. The molecule has 0 radical (unpaired) electrons. The Balaban J connectivity index is 1.38. The normalized spacial score (nSPS) is 20.4. The fourth-order valence-corrected chi connectivity index (χ4v) is 5.59. The van der Waals surface area contributed by atoms with Crippen LogP contribution >= 0.6 is 0 Å². The Hall–Kier alpha value is -3.81. The van der Waals surface area contributed by atoms with E-state index in [2.05, 4.69) is 90.9 Å². The molecule has 0 aliphatic carbocycles. The summed E-state index contributed by atoms with van der Waals surface area (Å²) < 4.78 is 13.3. The second-order valence-electron chi connectivity index (χ2n) is 11.2. The highest BCUT2D eigenvalue weighted by molar-refractivity contribution is 5.74. The molecule has 1 saturated heterocycles. The molecule has 218 valence electrons. The second kappa shape index (κ2) is 13.9. The molecule has 6 nitrogen and oxygen atoms in total. The van der Waals surface area contributed by atoms with Crippen LogP contribution < -0.4 is 5.32 Å². The summed E-state index contributed by atoms with van der Waals surface area (Å²) in [5.41, 5.74) is 7.39. The second-order valence-corrected chi connectivity index (χ2v) is 11.2. The Labute approximate surface area is 248 Å². The lowest BCUT2D eigenvalue weighted by molar-refractivity contribution is -0.276. The number of hydrogen-bond acceptors (Lipinski definition) is 5. The topological polar surface area (TPSA) is 71.0 Å². The summed E-state index contributed by atoms with van der Waals surface area (Å²) in [6.45, 7) is 5.81. The first kappa shape index (κ1) is 29.7. The zero-order chi connectivity index (χ0) is 29.5. The number of benzene rings is 4. The molecule has 4 aromatic rings. The third kappa shape index (κ3) is 7.33. The average molecular weight is 565 g/mol. The van der Waals surface area contributed by atoms with E-state index in [4.69, 9.17) is 9.47 Å². The van der Waals surface area contributed by atoms with E-state index in [-0.39, 0.29) is 30.6 Å². The molecular weight excluding hydrogens is 524 g/mol. The van der Waals surface area contributed by atoms with Crippen LogP contribution in [0.25, 0.3) is 11.1 Å². The molecule has 2 N–H and O–H groups in total. The van der Waals surface area contributed by atoms with E-state index in [9.17, 15) is 9.90 Å². The molecule has 0 unspecified atom stereocenters. The molecule has 0 bridgehead atoms. The van der Waals surface area contributed by atoms with Crippen LogP contribution in [-0.2, 0) is 34.0 Å². The van der Waals surface area contributed by atoms with E-state index < -0.39 is 6.29 Å². The zero-order valence-corrected chi connectivity index (χ0v) is 24.6. The van der Waals surface area contributed by atoms with Crippen LogP contribution in [0.15, 0.2) is 103 Å². The lowest BCUT2D eigenvalue weighted by Gasteiger charge is -2.42. The Morgan fingerprint density at radius 3 is 2.19 bits per heavy atom. The van der Waals surface area contributed by atoms with Crippen molar-refractivity contribution < 1.29 is 19.4 Å². The number of carbonyl (C=O) groups is 1. The third-order valence-corrected chi connectivity index (χ3v) is 7.95. The van der Waals surface area contributed by atoms with Crippen LogP contribution in [0.3, 0.4) is 0 Å². The minimum Gasteiger partial charge on any atom is -0.392 e. The van der Waals surface area contributed by atoms with Gasteiger partial charge >= 0.3 is 0 Å². The van der Waals surface area contributed by atoms with Crippen molar-refractivity contribution in [2.75, 3.05) is 13.6 Å². The number of likely N-dealkylation sites (N-methyl/N-ethyl adjacent to an activating group) is 1. The number of amides is 1. The Morgan fingerprint density at radius 1 is 0.833 bits per heavy atom. The Kier molecular flexibility index (Phi) is 9.82. The molecule has 1 fully saturated rings. The predicted octanol–water partition coefficient (Wildman–Crippen LogP) is 6.41. The van der Waals surface area contributed by atoms with E-state index in [0.717, 1.165) is 46.5 Å². The van der Waals surface area contributed by atoms with E-state index in [1.807, 2.05) is 36.4 Å². The first-order valence-corrected chi connectivity index (χ1v) is 14.6. The summed E-state index contributed by atoms with van der Waals surface area (Å²) in [6.07, 6.45) is -0.745. The summed E-state index contributed by atoms with van der Waals surface area (Å²) in [5.74, 6) is 0.0601. The van der Waals surface area contributed by atoms with E-state index in [1.165, 1.54) is 12.5 Å². The van der Waals surface area contributed by atoms with Gasteiger partial charge in [0, 0.05) is 38.0 Å². The van der Waals surface area contributed by atoms with Crippen molar-refractivity contribution in [3.8, 4) is 11.1 Å². The van der Waals surface area contributed by atoms with Gasteiger partial charge in [-0.25, -0.2) is 0 Å². The van der Waals surface area contributed by atoms with Crippen molar-refractivity contribution in [2.24, 2.45) is 5.92 Å². The van der Waals surface area contributed by atoms with Crippen LogP contribution in [-0.4, -0.2) is 35.6 Å². The van der Waals surface area contributed by atoms with E-state index in [1.54, 1.807) is 0 Å². The van der Waals surface area contributed by atoms with Gasteiger partial charge in [-0.05, 0) is 40.4 Å². The number of carbonyl (C=O) groups excluding carboxylic acids is 1. The predicted molar refractivity (Wildman–Crippen MR) is 165 cm³/mol. The molecular formula is C36H40N2O4. The average Bonchev–Trinajstić information content (AvgIpc) is 3.02. The fraction of sp³-hybridized carbons (Fsp3) is 0.306. The van der Waals surface area contributed by atoms with Crippen molar-refractivity contribution in [2.45, 2.75) is 52.0 Å². The summed E-state index contributed by atoms with van der Waals surface area (Å²) in [7, 11) is 2.13. The monoisotopic (exact) mass is 564 g/mol. The highest BCUT2D eigenvalue weighted by Gasteiger charge is 2.38. The molecule has 42 heavy (non-hydrogen) atoms. The number of nitrogens with one attached hydrogen (secondary N) is 1. The van der Waals surface area contributed by atoms with E-state index in [0.29, 0.717) is 6.54 Å². The van der Waals surface area contributed by atoms with Gasteiger partial charge in [0.05, 0.1) is 18.8 Å². The van der Waals surface area contributed by atoms with Crippen LogP contribution in [0.1, 0.15) is 54.1 Å². The third-order valence-electron chi connectivity index (χ3n) is 7.95. The minimum absolute atomic E-state index is 0.0142. The van der Waals surface area contributed by atoms with Crippen LogP contribution in [0.4, 0.5) is 0 Å². The summed E-state index contributed by atoms with van der Waals surface area (Å²) >= 11 is 0. The maximum atomic E-state index is 11.5. The summed E-state index contributed by atoms with van der Waals surface area (Å²) in [5, 5.41) is 12.5. The maximum Gasteiger partial charge on any atom is 0.217 e. The molecule has 5 rings (SSSR count). The van der Waals surface area contributed by atoms with Crippen molar-refractivity contribution in [1.29, 1.82) is 0 Å². The molecule has 0 aromatic heterocycles. The number of nitrogens with zero attached hydrogens (tertiary/aromatic N) is 1. The van der Waals surface area contributed by atoms with Gasteiger partial charge in [0.1, 0.15) is 0 Å². The number of ether oxygens (including phenoxy) is 2. The zero-order valence-electron chi connectivity index (χ0n) is 24.6. The van der Waals surface area contributed by atoms with Crippen molar-refractivity contribution in [3.63, 3.8) is 0 Å². The molecule has 0 saturated carbocycles. The number of aliphatic hydroxyl groups excluding tert-OH is 1. The Morgan fingerprint density at radius 2 is 1.50 bits per heavy atom. The number of hydrogen-bond donors (Lipinski definition) is 2. The first-order valence-electron chi connectivity index (χ1n) is 14.6. The van der Waals surface area contributed by atoms with Gasteiger partial charge in [-0.2, -0.15) is 0 Å². The van der Waals surface area contributed by atoms with Gasteiger partial charge < -0.3 is 19.9 Å². The number of aliphatic hydroxyl groups is 1. The Bertz CT molecular complexity index is 1440. The molecule has 0 spiro atoms. The van der Waals surface area contributed by atoms with Crippen molar-refractivity contribution in [1.82, 2.24) is 10.2 Å². The van der Waals surface area contributed by atoms with Gasteiger partial charge in [-0.3, -0.25) is 9.69 Å². The highest BCUT2D eigenvalue weighted by atomic mass is 16.7. The van der Waals surface area contributed by atoms with Gasteiger partial charge in [0.15, 0.2) is 6.29 Å². The summed E-state index contributed by atoms with van der Waals surface area (Å²) in [6, 6.07) is 34.9.